The van der Waals surface area contributed by atoms with Crippen molar-refractivity contribution >= 4 is 22.7 Å². The second kappa shape index (κ2) is 6.84. The van der Waals surface area contributed by atoms with Crippen LogP contribution in [0.3, 0.4) is 0 Å². The summed E-state index contributed by atoms with van der Waals surface area (Å²) in [4.78, 5) is 24.1. The number of aromatic nitrogens is 1. The highest BCUT2D eigenvalue weighted by atomic mass is 19.1. The number of hydrogen-bond acceptors (Lipinski definition) is 2. The molecule has 2 aromatic carbocycles. The van der Waals surface area contributed by atoms with Gasteiger partial charge in [-0.1, -0.05) is 18.2 Å². The van der Waals surface area contributed by atoms with Crippen molar-refractivity contribution in [1.29, 1.82) is 0 Å². The van der Waals surface area contributed by atoms with E-state index in [1.165, 1.54) is 42.0 Å². The average molecular weight is 342 g/mol. The Morgan fingerprint density at radius 2 is 1.88 bits per heavy atom. The Morgan fingerprint density at radius 1 is 1.12 bits per heavy atom. The Labute approximate surface area is 143 Å². The summed E-state index contributed by atoms with van der Waals surface area (Å²) in [6.07, 6.45) is 1.74. The van der Waals surface area contributed by atoms with Gasteiger partial charge in [-0.25, -0.2) is 8.78 Å². The molecule has 0 saturated carbocycles. The van der Waals surface area contributed by atoms with Crippen molar-refractivity contribution in [2.75, 3.05) is 6.54 Å². The number of halogens is 2. The molecule has 25 heavy (non-hydrogen) atoms. The van der Waals surface area contributed by atoms with Crippen LogP contribution >= 0.6 is 0 Å². The molecule has 6 heteroatoms. The van der Waals surface area contributed by atoms with Gasteiger partial charge in [-0.3, -0.25) is 14.2 Å². The topological polar surface area (TPSA) is 51.1 Å². The summed E-state index contributed by atoms with van der Waals surface area (Å²) in [5.41, 5.74) is 1.13. The van der Waals surface area contributed by atoms with Crippen LogP contribution in [0.15, 0.2) is 48.7 Å². The molecule has 0 spiro atoms. The van der Waals surface area contributed by atoms with E-state index < -0.39 is 11.7 Å². The van der Waals surface area contributed by atoms with Crippen molar-refractivity contribution in [2.24, 2.45) is 0 Å². The first kappa shape index (κ1) is 16.8. The highest BCUT2D eigenvalue weighted by Gasteiger charge is 2.17. The average Bonchev–Trinajstić information content (AvgIpc) is 2.95. The molecule has 1 aromatic heterocycles. The molecule has 0 atom stereocenters. The van der Waals surface area contributed by atoms with E-state index in [9.17, 15) is 18.4 Å². The first-order valence-corrected chi connectivity index (χ1v) is 7.80. The van der Waals surface area contributed by atoms with Crippen molar-refractivity contribution in [2.45, 2.75) is 13.3 Å². The zero-order valence-electron chi connectivity index (χ0n) is 13.6. The third-order valence-corrected chi connectivity index (χ3v) is 3.99. The predicted octanol–water partition coefficient (Wildman–Crippen LogP) is 3.55. The smallest absolute Gasteiger partial charge is 0.253 e. The Balaban J connectivity index is 1.80. The Hall–Kier alpha value is -3.02. The molecule has 1 amide bonds. The van der Waals surface area contributed by atoms with Crippen molar-refractivity contribution < 1.29 is 18.4 Å². The molecule has 0 aliphatic rings. The van der Waals surface area contributed by atoms with Gasteiger partial charge in [0.05, 0.1) is 11.1 Å². The molecular formula is C19H16F2N2O2. The summed E-state index contributed by atoms with van der Waals surface area (Å²) in [6, 6.07) is 10.3. The quantitative estimate of drug-likeness (QED) is 0.788. The molecule has 0 unspecified atom stereocenters. The van der Waals surface area contributed by atoms with Gasteiger partial charge in [-0.05, 0) is 36.2 Å². The molecule has 0 aliphatic carbocycles. The second-order valence-electron chi connectivity index (χ2n) is 5.69. The first-order valence-electron chi connectivity index (χ1n) is 7.80. The van der Waals surface area contributed by atoms with E-state index in [2.05, 4.69) is 5.32 Å². The lowest BCUT2D eigenvalue weighted by Gasteiger charge is -2.05. The third-order valence-electron chi connectivity index (χ3n) is 3.99. The number of fused-ring (bicyclic) bond motifs is 1. The molecular weight excluding hydrogens is 326 g/mol. The molecule has 3 aromatic rings. The van der Waals surface area contributed by atoms with Gasteiger partial charge in [0.15, 0.2) is 0 Å². The molecule has 0 aliphatic heterocycles. The lowest BCUT2D eigenvalue weighted by atomic mass is 10.1. The van der Waals surface area contributed by atoms with Gasteiger partial charge >= 0.3 is 0 Å². The summed E-state index contributed by atoms with van der Waals surface area (Å²) in [7, 11) is 0. The van der Waals surface area contributed by atoms with E-state index in [1.54, 1.807) is 18.2 Å². The Morgan fingerprint density at radius 3 is 2.60 bits per heavy atom. The minimum atomic E-state index is -0.486. The fraction of sp³-hybridized carbons (Fsp3) is 0.158. The van der Waals surface area contributed by atoms with Crippen LogP contribution in [-0.4, -0.2) is 22.9 Å². The van der Waals surface area contributed by atoms with E-state index in [1.807, 2.05) is 0 Å². The summed E-state index contributed by atoms with van der Waals surface area (Å²) in [6.45, 7) is 1.58. The van der Waals surface area contributed by atoms with Crippen LogP contribution in [0.4, 0.5) is 8.78 Å². The Kier molecular flexibility index (Phi) is 4.61. The molecule has 0 radical (unpaired) electrons. The SMILES string of the molecule is CC(=O)n1cc(C(=O)NCCc2ccccc2F)c2ccc(F)cc21. The molecule has 0 bridgehead atoms. The van der Waals surface area contributed by atoms with E-state index in [0.29, 0.717) is 22.9 Å². The van der Waals surface area contributed by atoms with Crippen LogP contribution in [0.1, 0.15) is 27.6 Å². The number of hydrogen-bond donors (Lipinski definition) is 1. The summed E-state index contributed by atoms with van der Waals surface area (Å²) < 4.78 is 28.3. The number of benzene rings is 2. The summed E-state index contributed by atoms with van der Waals surface area (Å²) in [5.74, 6) is -1.52. The number of nitrogens with zero attached hydrogens (tertiary/aromatic N) is 1. The van der Waals surface area contributed by atoms with Crippen LogP contribution in [0.2, 0.25) is 0 Å². The second-order valence-corrected chi connectivity index (χ2v) is 5.69. The maximum absolute atomic E-state index is 13.6. The molecule has 128 valence electrons. The van der Waals surface area contributed by atoms with Crippen LogP contribution in [-0.2, 0) is 6.42 Å². The van der Waals surface area contributed by atoms with Gasteiger partial charge in [0, 0.05) is 25.1 Å². The lowest BCUT2D eigenvalue weighted by molar-refractivity contribution is 0.0941. The van der Waals surface area contributed by atoms with Crippen molar-refractivity contribution in [3.05, 3.63) is 71.4 Å². The molecule has 3 rings (SSSR count). The fourth-order valence-electron chi connectivity index (χ4n) is 2.75. The van der Waals surface area contributed by atoms with Gasteiger partial charge in [-0.15, -0.1) is 0 Å². The van der Waals surface area contributed by atoms with Gasteiger partial charge < -0.3 is 5.32 Å². The van der Waals surface area contributed by atoms with E-state index >= 15 is 0 Å². The monoisotopic (exact) mass is 342 g/mol. The lowest BCUT2D eigenvalue weighted by Crippen LogP contribution is -2.25. The number of carbonyl (C=O) groups is 2. The normalized spacial score (nSPS) is 10.8. The van der Waals surface area contributed by atoms with Crippen LogP contribution in [0.5, 0.6) is 0 Å². The largest absolute Gasteiger partial charge is 0.352 e. The van der Waals surface area contributed by atoms with Crippen molar-refractivity contribution in [3.8, 4) is 0 Å². The number of carbonyl (C=O) groups excluding carboxylic acids is 2. The molecule has 1 heterocycles. The number of amides is 1. The van der Waals surface area contributed by atoms with Crippen molar-refractivity contribution in [3.63, 3.8) is 0 Å². The Bertz CT molecular complexity index is 963. The van der Waals surface area contributed by atoms with Gasteiger partial charge in [-0.2, -0.15) is 0 Å². The van der Waals surface area contributed by atoms with Crippen LogP contribution in [0.25, 0.3) is 10.9 Å². The molecule has 4 nitrogen and oxygen atoms in total. The van der Waals surface area contributed by atoms with Crippen molar-refractivity contribution in [1.82, 2.24) is 9.88 Å². The predicted molar refractivity (Wildman–Crippen MR) is 90.6 cm³/mol. The highest BCUT2D eigenvalue weighted by Crippen LogP contribution is 2.22. The maximum Gasteiger partial charge on any atom is 0.253 e. The third kappa shape index (κ3) is 3.42. The standard InChI is InChI=1S/C19H16F2N2O2/c1-12(24)23-11-16(15-7-6-14(20)10-18(15)23)19(25)22-9-8-13-4-2-3-5-17(13)21/h2-7,10-11H,8-9H2,1H3,(H,22,25). The zero-order chi connectivity index (χ0) is 18.0. The minimum absolute atomic E-state index is 0.244. The number of rotatable bonds is 4. The fourth-order valence-corrected chi connectivity index (χ4v) is 2.75. The first-order chi connectivity index (χ1) is 12.0. The van der Waals surface area contributed by atoms with Gasteiger partial charge in [0.25, 0.3) is 5.91 Å². The highest BCUT2D eigenvalue weighted by molar-refractivity contribution is 6.09. The van der Waals surface area contributed by atoms with E-state index in [0.717, 1.165) is 0 Å². The maximum atomic E-state index is 13.6. The van der Waals surface area contributed by atoms with E-state index in [-0.39, 0.29) is 23.8 Å². The molecule has 0 saturated heterocycles. The summed E-state index contributed by atoms with van der Waals surface area (Å²) in [5, 5.41) is 3.20. The molecule has 1 N–H and O–H groups in total. The van der Waals surface area contributed by atoms with Gasteiger partial charge in [0.2, 0.25) is 5.91 Å². The van der Waals surface area contributed by atoms with E-state index in [4.69, 9.17) is 0 Å². The summed E-state index contributed by atoms with van der Waals surface area (Å²) >= 11 is 0. The number of nitrogens with one attached hydrogen (secondary N) is 1. The van der Waals surface area contributed by atoms with Crippen LogP contribution < -0.4 is 5.32 Å². The zero-order valence-corrected chi connectivity index (χ0v) is 13.6. The van der Waals surface area contributed by atoms with Gasteiger partial charge in [0.1, 0.15) is 11.6 Å². The molecule has 0 fully saturated rings. The van der Waals surface area contributed by atoms with Crippen LogP contribution in [0, 0.1) is 11.6 Å². The minimum Gasteiger partial charge on any atom is -0.352 e.